The van der Waals surface area contributed by atoms with Crippen LogP contribution in [0.4, 0.5) is 11.4 Å². The Morgan fingerprint density at radius 1 is 1.16 bits per heavy atom. The predicted octanol–water partition coefficient (Wildman–Crippen LogP) is 3.04. The van der Waals surface area contributed by atoms with Crippen molar-refractivity contribution in [2.75, 3.05) is 31.2 Å². The summed E-state index contributed by atoms with van der Waals surface area (Å²) in [6.45, 7) is 4.70. The molecule has 0 radical (unpaired) electrons. The highest BCUT2D eigenvalue weighted by Gasteiger charge is 2.09. The molecule has 0 aliphatic rings. The SMILES string of the molecule is CC=C/C(=C\C=C(/C)NCCNC(=O)c1cccnc1)C(=O)Nc1ccc(OC)cc1N. The van der Waals surface area contributed by atoms with Crippen molar-refractivity contribution in [3.05, 3.63) is 83.9 Å². The van der Waals surface area contributed by atoms with Crippen LogP contribution in [0.15, 0.2) is 78.3 Å². The number of allylic oxidation sites excluding steroid dienone is 4. The number of nitrogens with zero attached hydrogens (tertiary/aromatic N) is 1. The van der Waals surface area contributed by atoms with Crippen molar-refractivity contribution in [3.63, 3.8) is 0 Å². The Hall–Kier alpha value is -4.07. The van der Waals surface area contributed by atoms with Gasteiger partial charge < -0.3 is 26.4 Å². The first-order valence-electron chi connectivity index (χ1n) is 10.1. The van der Waals surface area contributed by atoms with Gasteiger partial charge in [0.05, 0.1) is 24.0 Å². The summed E-state index contributed by atoms with van der Waals surface area (Å²) in [6.07, 6.45) is 10.2. The molecule has 32 heavy (non-hydrogen) atoms. The lowest BCUT2D eigenvalue weighted by Gasteiger charge is -2.10. The van der Waals surface area contributed by atoms with Crippen LogP contribution in [0.3, 0.4) is 0 Å². The average Bonchev–Trinajstić information content (AvgIpc) is 2.81. The van der Waals surface area contributed by atoms with E-state index in [4.69, 9.17) is 10.5 Å². The van der Waals surface area contributed by atoms with Crippen LogP contribution in [0, 0.1) is 0 Å². The lowest BCUT2D eigenvalue weighted by atomic mass is 10.2. The van der Waals surface area contributed by atoms with Crippen molar-refractivity contribution >= 4 is 23.2 Å². The van der Waals surface area contributed by atoms with Crippen molar-refractivity contribution in [1.82, 2.24) is 15.6 Å². The van der Waals surface area contributed by atoms with E-state index in [0.717, 1.165) is 5.70 Å². The number of nitrogen functional groups attached to an aromatic ring is 1. The summed E-state index contributed by atoms with van der Waals surface area (Å²) in [5.41, 5.74) is 8.73. The molecule has 0 aliphatic carbocycles. The van der Waals surface area contributed by atoms with E-state index in [0.29, 0.717) is 41.4 Å². The van der Waals surface area contributed by atoms with E-state index < -0.39 is 0 Å². The highest BCUT2D eigenvalue weighted by molar-refractivity contribution is 6.07. The molecule has 8 heteroatoms. The number of benzene rings is 1. The molecule has 0 fully saturated rings. The molecule has 0 unspecified atom stereocenters. The number of hydrogen-bond acceptors (Lipinski definition) is 6. The molecule has 2 aromatic rings. The smallest absolute Gasteiger partial charge is 0.255 e. The van der Waals surface area contributed by atoms with E-state index in [-0.39, 0.29) is 11.8 Å². The van der Waals surface area contributed by atoms with Crippen LogP contribution in [0.2, 0.25) is 0 Å². The number of carbonyl (C=O) groups excluding carboxylic acids is 2. The standard InChI is InChI=1S/C24H29N5O3/c1-4-6-18(24(31)29-22-11-10-20(32-3)15-21(22)25)9-8-17(2)27-13-14-28-23(30)19-7-5-12-26-16-19/h4-12,15-16,27H,13-14,25H2,1-3H3,(H,28,30)(H,29,31)/b6-4?,17-8+,18-9+. The molecular formula is C24H29N5O3. The fourth-order valence-corrected chi connectivity index (χ4v) is 2.67. The van der Waals surface area contributed by atoms with Gasteiger partial charge in [-0.15, -0.1) is 0 Å². The second-order valence-corrected chi connectivity index (χ2v) is 6.80. The molecule has 5 N–H and O–H groups in total. The molecule has 0 saturated carbocycles. The minimum absolute atomic E-state index is 0.175. The lowest BCUT2D eigenvalue weighted by molar-refractivity contribution is -0.112. The summed E-state index contributed by atoms with van der Waals surface area (Å²) in [4.78, 5) is 28.6. The van der Waals surface area contributed by atoms with Crippen LogP contribution in [-0.2, 0) is 4.79 Å². The van der Waals surface area contributed by atoms with Gasteiger partial charge in [-0.2, -0.15) is 0 Å². The van der Waals surface area contributed by atoms with Gasteiger partial charge in [-0.1, -0.05) is 12.2 Å². The van der Waals surface area contributed by atoms with E-state index in [2.05, 4.69) is 20.9 Å². The maximum atomic E-state index is 12.7. The summed E-state index contributed by atoms with van der Waals surface area (Å²) in [7, 11) is 1.55. The molecule has 0 spiro atoms. The maximum absolute atomic E-state index is 12.7. The summed E-state index contributed by atoms with van der Waals surface area (Å²) in [5, 5.41) is 8.82. The summed E-state index contributed by atoms with van der Waals surface area (Å²) < 4.78 is 5.13. The second-order valence-electron chi connectivity index (χ2n) is 6.80. The topological polar surface area (TPSA) is 118 Å². The first kappa shape index (κ1) is 24.2. The molecular weight excluding hydrogens is 406 g/mol. The van der Waals surface area contributed by atoms with Crippen LogP contribution in [0.1, 0.15) is 24.2 Å². The molecule has 2 amide bonds. The van der Waals surface area contributed by atoms with Gasteiger partial charge >= 0.3 is 0 Å². The van der Waals surface area contributed by atoms with Crippen LogP contribution < -0.4 is 26.4 Å². The molecule has 0 saturated heterocycles. The predicted molar refractivity (Wildman–Crippen MR) is 127 cm³/mol. The number of hydrogen-bond donors (Lipinski definition) is 4. The zero-order chi connectivity index (χ0) is 23.3. The number of methoxy groups -OCH3 is 1. The minimum Gasteiger partial charge on any atom is -0.497 e. The highest BCUT2D eigenvalue weighted by atomic mass is 16.5. The number of nitrogens with one attached hydrogen (secondary N) is 3. The van der Waals surface area contributed by atoms with Crippen molar-refractivity contribution in [2.24, 2.45) is 0 Å². The number of pyridine rings is 1. The molecule has 0 atom stereocenters. The van der Waals surface area contributed by atoms with E-state index in [1.165, 1.54) is 6.20 Å². The Labute approximate surface area is 188 Å². The molecule has 0 bridgehead atoms. The van der Waals surface area contributed by atoms with Gasteiger partial charge in [0.2, 0.25) is 0 Å². The quantitative estimate of drug-likeness (QED) is 0.197. The number of carbonyl (C=O) groups is 2. The monoisotopic (exact) mass is 435 g/mol. The third-order valence-corrected chi connectivity index (χ3v) is 4.37. The Kier molecular flexibility index (Phi) is 9.52. The van der Waals surface area contributed by atoms with Gasteiger partial charge in [0.15, 0.2) is 0 Å². The first-order valence-corrected chi connectivity index (χ1v) is 10.1. The van der Waals surface area contributed by atoms with E-state index in [1.54, 1.807) is 67.9 Å². The zero-order valence-corrected chi connectivity index (χ0v) is 18.5. The summed E-state index contributed by atoms with van der Waals surface area (Å²) >= 11 is 0. The van der Waals surface area contributed by atoms with Gasteiger partial charge in [-0.3, -0.25) is 14.6 Å². The third kappa shape index (κ3) is 7.64. The molecule has 8 nitrogen and oxygen atoms in total. The van der Waals surface area contributed by atoms with Gasteiger partial charge in [-0.05, 0) is 50.3 Å². The van der Waals surface area contributed by atoms with Crippen LogP contribution in [-0.4, -0.2) is 37.0 Å². The maximum Gasteiger partial charge on any atom is 0.255 e. The average molecular weight is 436 g/mol. The third-order valence-electron chi connectivity index (χ3n) is 4.37. The molecule has 0 aliphatic heterocycles. The van der Waals surface area contributed by atoms with E-state index in [9.17, 15) is 9.59 Å². The summed E-state index contributed by atoms with van der Waals surface area (Å²) in [6, 6.07) is 8.50. The van der Waals surface area contributed by atoms with Crippen molar-refractivity contribution in [3.8, 4) is 5.75 Å². The second kappa shape index (κ2) is 12.6. The number of anilines is 2. The minimum atomic E-state index is -0.284. The first-order chi connectivity index (χ1) is 15.4. The Balaban J connectivity index is 1.91. The van der Waals surface area contributed by atoms with Gasteiger partial charge in [0.1, 0.15) is 5.75 Å². The van der Waals surface area contributed by atoms with Crippen LogP contribution >= 0.6 is 0 Å². The van der Waals surface area contributed by atoms with Crippen LogP contribution in [0.25, 0.3) is 0 Å². The number of rotatable bonds is 10. The summed E-state index contributed by atoms with van der Waals surface area (Å²) in [5.74, 6) is 0.157. The number of ether oxygens (including phenoxy) is 1. The Bertz CT molecular complexity index is 1010. The van der Waals surface area contributed by atoms with Crippen molar-refractivity contribution in [1.29, 1.82) is 0 Å². The fourth-order valence-electron chi connectivity index (χ4n) is 2.67. The number of nitrogens with two attached hydrogens (primary N) is 1. The van der Waals surface area contributed by atoms with Crippen LogP contribution in [0.5, 0.6) is 5.75 Å². The molecule has 2 rings (SSSR count). The normalized spacial score (nSPS) is 11.8. The molecule has 1 aromatic heterocycles. The molecule has 1 heterocycles. The van der Waals surface area contributed by atoms with E-state index in [1.807, 2.05) is 13.8 Å². The molecule has 1 aromatic carbocycles. The fraction of sp³-hybridized carbons (Fsp3) is 0.208. The van der Waals surface area contributed by atoms with E-state index >= 15 is 0 Å². The number of aromatic nitrogens is 1. The van der Waals surface area contributed by atoms with Gasteiger partial charge in [0.25, 0.3) is 11.8 Å². The van der Waals surface area contributed by atoms with Crippen molar-refractivity contribution < 1.29 is 14.3 Å². The highest BCUT2D eigenvalue weighted by Crippen LogP contribution is 2.24. The zero-order valence-electron chi connectivity index (χ0n) is 18.5. The lowest BCUT2D eigenvalue weighted by Crippen LogP contribution is -2.31. The molecule has 168 valence electrons. The Morgan fingerprint density at radius 2 is 1.94 bits per heavy atom. The van der Waals surface area contributed by atoms with Gasteiger partial charge in [0, 0.05) is 42.8 Å². The number of amides is 2. The van der Waals surface area contributed by atoms with Gasteiger partial charge in [-0.25, -0.2) is 0 Å². The Morgan fingerprint density at radius 3 is 2.59 bits per heavy atom. The van der Waals surface area contributed by atoms with Crippen molar-refractivity contribution in [2.45, 2.75) is 13.8 Å². The largest absolute Gasteiger partial charge is 0.497 e.